The Balaban J connectivity index is 4.24. The summed E-state index contributed by atoms with van der Waals surface area (Å²) in [7, 11) is 0. The second-order valence-corrected chi connectivity index (χ2v) is 6.85. The Morgan fingerprint density at radius 1 is 0.875 bits per heavy atom. The number of allylic oxidation sites excluding steroid dienone is 4. The average Bonchev–Trinajstić information content (AvgIpc) is 2.53. The minimum Gasteiger partial charge on any atom is -0.349 e. The summed E-state index contributed by atoms with van der Waals surface area (Å²) < 4.78 is 11.8. The van der Waals surface area contributed by atoms with Crippen LogP contribution in [0.3, 0.4) is 0 Å². The van der Waals surface area contributed by atoms with Gasteiger partial charge in [-0.3, -0.25) is 0 Å². The molecule has 2 nitrogen and oxygen atoms in total. The van der Waals surface area contributed by atoms with E-state index >= 15 is 0 Å². The lowest BCUT2D eigenvalue weighted by molar-refractivity contribution is -0.120. The largest absolute Gasteiger partial charge is 0.349 e. The van der Waals surface area contributed by atoms with E-state index < -0.39 is 0 Å². The Kier molecular flexibility index (Phi) is 15.1. The molecule has 0 atom stereocenters. The minimum absolute atomic E-state index is 0.234. The summed E-state index contributed by atoms with van der Waals surface area (Å²) in [4.78, 5) is 0. The zero-order valence-corrected chi connectivity index (χ0v) is 16.8. The van der Waals surface area contributed by atoms with Gasteiger partial charge < -0.3 is 9.47 Å². The van der Waals surface area contributed by atoms with E-state index in [1.165, 1.54) is 11.1 Å². The van der Waals surface area contributed by atoms with Crippen LogP contribution in [0.4, 0.5) is 0 Å². The summed E-state index contributed by atoms with van der Waals surface area (Å²) >= 11 is 0. The topological polar surface area (TPSA) is 18.5 Å². The van der Waals surface area contributed by atoms with Crippen LogP contribution < -0.4 is 0 Å². The zero-order chi connectivity index (χ0) is 18.2. The van der Waals surface area contributed by atoms with Crippen molar-refractivity contribution in [3.05, 3.63) is 35.5 Å². The number of unbranched alkanes of at least 4 members (excludes halogenated alkanes) is 2. The first kappa shape index (κ1) is 23.1. The first-order valence-corrected chi connectivity index (χ1v) is 9.71. The Morgan fingerprint density at radius 2 is 1.42 bits per heavy atom. The van der Waals surface area contributed by atoms with Crippen LogP contribution in [0.15, 0.2) is 35.5 Å². The zero-order valence-electron chi connectivity index (χ0n) is 16.8. The minimum atomic E-state index is -0.234. The van der Waals surface area contributed by atoms with Gasteiger partial charge in [-0.25, -0.2) is 0 Å². The Hall–Kier alpha value is -0.860. The van der Waals surface area contributed by atoms with E-state index in [1.54, 1.807) is 0 Å². The maximum absolute atomic E-state index is 5.89. The highest BCUT2D eigenvalue weighted by Crippen LogP contribution is 2.16. The summed E-state index contributed by atoms with van der Waals surface area (Å²) in [5, 5.41) is 0. The molecule has 0 aliphatic rings. The van der Waals surface area contributed by atoms with Crippen molar-refractivity contribution in [2.24, 2.45) is 0 Å². The van der Waals surface area contributed by atoms with Crippen molar-refractivity contribution in [2.75, 3.05) is 13.2 Å². The lowest BCUT2D eigenvalue weighted by Gasteiger charge is -2.20. The Labute approximate surface area is 151 Å². The van der Waals surface area contributed by atoms with Crippen LogP contribution in [0.5, 0.6) is 0 Å². The first-order chi connectivity index (χ1) is 11.5. The van der Waals surface area contributed by atoms with Crippen LogP contribution in [-0.4, -0.2) is 19.5 Å². The molecule has 0 saturated heterocycles. The van der Waals surface area contributed by atoms with E-state index in [0.29, 0.717) is 0 Å². The van der Waals surface area contributed by atoms with E-state index in [2.05, 4.69) is 53.3 Å². The van der Waals surface area contributed by atoms with E-state index in [-0.39, 0.29) is 6.29 Å². The van der Waals surface area contributed by atoms with Gasteiger partial charge in [0.05, 0.1) is 13.2 Å². The predicted octanol–water partition coefficient (Wildman–Crippen LogP) is 6.98. The van der Waals surface area contributed by atoms with Crippen molar-refractivity contribution >= 4 is 0 Å². The molecule has 0 aromatic heterocycles. The Morgan fingerprint density at radius 3 is 1.92 bits per heavy atom. The second-order valence-electron chi connectivity index (χ2n) is 6.85. The van der Waals surface area contributed by atoms with Crippen LogP contribution in [0.2, 0.25) is 0 Å². The number of ether oxygens (including phenoxy) is 2. The van der Waals surface area contributed by atoms with Crippen molar-refractivity contribution in [2.45, 2.75) is 92.3 Å². The van der Waals surface area contributed by atoms with Crippen LogP contribution in [0.25, 0.3) is 0 Å². The van der Waals surface area contributed by atoms with E-state index in [1.807, 2.05) is 0 Å². The monoisotopic (exact) mass is 336 g/mol. The van der Waals surface area contributed by atoms with Crippen LogP contribution in [-0.2, 0) is 9.47 Å². The van der Waals surface area contributed by atoms with Crippen molar-refractivity contribution < 1.29 is 9.47 Å². The summed E-state index contributed by atoms with van der Waals surface area (Å²) in [6.45, 7) is 16.6. The maximum Gasteiger partial charge on any atom is 0.179 e. The smallest absolute Gasteiger partial charge is 0.179 e. The molecule has 0 fully saturated rings. The van der Waals surface area contributed by atoms with Gasteiger partial charge >= 0.3 is 0 Å². The summed E-state index contributed by atoms with van der Waals surface area (Å²) in [6.07, 6.45) is 13.1. The number of rotatable bonds is 15. The lowest BCUT2D eigenvalue weighted by Crippen LogP contribution is -2.21. The van der Waals surface area contributed by atoms with Gasteiger partial charge in [-0.05, 0) is 64.9 Å². The third-order valence-corrected chi connectivity index (χ3v) is 3.92. The molecule has 0 aromatic carbocycles. The molecular weight excluding hydrogens is 296 g/mol. The summed E-state index contributed by atoms with van der Waals surface area (Å²) in [5.74, 6) is 0. The molecule has 0 aliphatic carbocycles. The van der Waals surface area contributed by atoms with Crippen LogP contribution >= 0.6 is 0 Å². The lowest BCUT2D eigenvalue weighted by atomic mass is 10.1. The fourth-order valence-electron chi connectivity index (χ4n) is 2.27. The highest BCUT2D eigenvalue weighted by atomic mass is 16.7. The molecule has 140 valence electrons. The first-order valence-electron chi connectivity index (χ1n) is 9.71. The van der Waals surface area contributed by atoms with Gasteiger partial charge in [0.15, 0.2) is 6.29 Å². The molecule has 0 saturated carbocycles. The third kappa shape index (κ3) is 13.6. The average molecular weight is 337 g/mol. The fraction of sp³-hybridized carbons (Fsp3) is 0.727. The molecule has 0 rings (SSSR count). The quantitative estimate of drug-likeness (QED) is 0.182. The number of hydrogen-bond acceptors (Lipinski definition) is 2. The van der Waals surface area contributed by atoms with Crippen LogP contribution in [0, 0.1) is 0 Å². The SMILES string of the molecule is C=C(CC/C=C(\C)CCC=C(C)C)C(OCCCC)OCCCC. The van der Waals surface area contributed by atoms with Gasteiger partial charge in [-0.2, -0.15) is 0 Å². The van der Waals surface area contributed by atoms with E-state index in [4.69, 9.17) is 9.47 Å². The van der Waals surface area contributed by atoms with Gasteiger partial charge in [-0.15, -0.1) is 0 Å². The van der Waals surface area contributed by atoms with E-state index in [0.717, 1.165) is 70.2 Å². The van der Waals surface area contributed by atoms with Gasteiger partial charge in [0.1, 0.15) is 0 Å². The normalized spacial score (nSPS) is 11.8. The highest BCUT2D eigenvalue weighted by molar-refractivity contribution is 5.05. The second kappa shape index (κ2) is 15.7. The molecule has 0 radical (unpaired) electrons. The molecule has 0 spiro atoms. The highest BCUT2D eigenvalue weighted by Gasteiger charge is 2.13. The fourth-order valence-corrected chi connectivity index (χ4v) is 2.27. The standard InChI is InChI=1S/C22H40O2/c1-7-9-17-23-22(24-18-10-8-2)21(6)16-12-15-20(5)14-11-13-19(3)4/h13,15,22H,6-12,14,16-18H2,1-5H3/b20-15+. The predicted molar refractivity (Wildman–Crippen MR) is 106 cm³/mol. The van der Waals surface area contributed by atoms with Crippen molar-refractivity contribution in [3.63, 3.8) is 0 Å². The molecule has 0 aliphatic heterocycles. The summed E-state index contributed by atoms with van der Waals surface area (Å²) in [5.41, 5.74) is 3.92. The molecule has 0 aromatic rings. The van der Waals surface area contributed by atoms with Crippen molar-refractivity contribution in [3.8, 4) is 0 Å². The van der Waals surface area contributed by atoms with Crippen molar-refractivity contribution in [1.29, 1.82) is 0 Å². The van der Waals surface area contributed by atoms with Gasteiger partial charge in [0, 0.05) is 0 Å². The van der Waals surface area contributed by atoms with Crippen molar-refractivity contribution in [1.82, 2.24) is 0 Å². The molecular formula is C22H40O2. The Bertz CT molecular complexity index is 365. The third-order valence-electron chi connectivity index (χ3n) is 3.92. The van der Waals surface area contributed by atoms with Crippen LogP contribution in [0.1, 0.15) is 86.0 Å². The summed E-state index contributed by atoms with van der Waals surface area (Å²) in [6, 6.07) is 0. The molecule has 0 heterocycles. The van der Waals surface area contributed by atoms with E-state index in [9.17, 15) is 0 Å². The molecule has 0 amide bonds. The maximum atomic E-state index is 5.89. The van der Waals surface area contributed by atoms with Gasteiger partial charge in [0.2, 0.25) is 0 Å². The van der Waals surface area contributed by atoms with Gasteiger partial charge in [0.25, 0.3) is 0 Å². The molecule has 2 heteroatoms. The van der Waals surface area contributed by atoms with Gasteiger partial charge in [-0.1, -0.05) is 56.6 Å². The number of hydrogen-bond donors (Lipinski definition) is 0. The molecule has 24 heavy (non-hydrogen) atoms. The molecule has 0 bridgehead atoms. The molecule has 0 N–H and O–H groups in total. The molecule has 0 unspecified atom stereocenters.